The van der Waals surface area contributed by atoms with Gasteiger partial charge in [-0.2, -0.15) is 0 Å². The van der Waals surface area contributed by atoms with Crippen LogP contribution in [0.25, 0.3) is 0 Å². The monoisotopic (exact) mass is 348 g/mol. The van der Waals surface area contributed by atoms with E-state index in [1.165, 1.54) is 6.42 Å². The average Bonchev–Trinajstić information content (AvgIpc) is 2.85. The Morgan fingerprint density at radius 2 is 2.04 bits per heavy atom. The summed E-state index contributed by atoms with van der Waals surface area (Å²) in [6.07, 6.45) is 6.68. The first kappa shape index (κ1) is 18.7. The average molecular weight is 348 g/mol. The molecular formula is C21H32O4. The van der Waals surface area contributed by atoms with E-state index in [0.29, 0.717) is 24.3 Å². The molecule has 0 aromatic heterocycles. The van der Waals surface area contributed by atoms with Crippen molar-refractivity contribution in [3.63, 3.8) is 0 Å². The van der Waals surface area contributed by atoms with Gasteiger partial charge in [-0.25, -0.2) is 4.79 Å². The third-order valence-electron chi connectivity index (χ3n) is 6.98. The molecule has 3 rings (SSSR count). The van der Waals surface area contributed by atoms with E-state index >= 15 is 0 Å². The van der Waals surface area contributed by atoms with E-state index in [4.69, 9.17) is 9.47 Å². The number of hydrogen-bond acceptors (Lipinski definition) is 4. The zero-order valence-electron chi connectivity index (χ0n) is 16.0. The molecule has 2 aliphatic carbocycles. The first-order valence-electron chi connectivity index (χ1n) is 9.47. The lowest BCUT2D eigenvalue weighted by atomic mass is 9.46. The van der Waals surface area contributed by atoms with E-state index in [0.717, 1.165) is 24.8 Å². The van der Waals surface area contributed by atoms with E-state index in [9.17, 15) is 9.90 Å². The molecule has 1 aliphatic heterocycles. The molecule has 2 saturated carbocycles. The van der Waals surface area contributed by atoms with Crippen LogP contribution in [0, 0.1) is 22.7 Å². The van der Waals surface area contributed by atoms with Crippen molar-refractivity contribution in [3.8, 4) is 0 Å². The van der Waals surface area contributed by atoms with Crippen LogP contribution in [0.3, 0.4) is 0 Å². The fourth-order valence-corrected chi connectivity index (χ4v) is 5.97. The van der Waals surface area contributed by atoms with E-state index in [1.54, 1.807) is 7.11 Å². The molecule has 1 unspecified atom stereocenters. The maximum atomic E-state index is 12.0. The first-order valence-corrected chi connectivity index (χ1v) is 9.47. The van der Waals surface area contributed by atoms with Gasteiger partial charge in [-0.1, -0.05) is 45.4 Å². The van der Waals surface area contributed by atoms with Gasteiger partial charge in [0.15, 0.2) is 0 Å². The summed E-state index contributed by atoms with van der Waals surface area (Å²) in [5.74, 6) is 0.297. The Bertz CT molecular complexity index is 591. The van der Waals surface area contributed by atoms with Crippen molar-refractivity contribution in [3.05, 3.63) is 23.8 Å². The molecule has 4 nitrogen and oxygen atoms in total. The molecule has 140 valence electrons. The van der Waals surface area contributed by atoms with Gasteiger partial charge < -0.3 is 14.6 Å². The lowest BCUT2D eigenvalue weighted by Gasteiger charge is -2.59. The Balaban J connectivity index is 1.85. The number of carbonyl (C=O) groups is 1. The Kier molecular flexibility index (Phi) is 4.89. The molecule has 5 atom stereocenters. The number of esters is 1. The summed E-state index contributed by atoms with van der Waals surface area (Å²) in [4.78, 5) is 12.0. The SMILES string of the molecule is C=C1C[C@@H](O)[C@H]2C(C)(C)CCC[C@]2(C)[C@H]1CC=C1CC(OC)OC1=O. The molecule has 1 heterocycles. The third-order valence-corrected chi connectivity index (χ3v) is 6.98. The third kappa shape index (κ3) is 3.19. The van der Waals surface area contributed by atoms with Gasteiger partial charge in [0.05, 0.1) is 6.10 Å². The van der Waals surface area contributed by atoms with E-state index in [1.807, 2.05) is 6.08 Å². The fraction of sp³-hybridized carbons (Fsp3) is 0.762. The fourth-order valence-electron chi connectivity index (χ4n) is 5.97. The zero-order chi connectivity index (χ0) is 18.4. The molecule has 4 heteroatoms. The van der Waals surface area contributed by atoms with E-state index in [2.05, 4.69) is 27.4 Å². The summed E-state index contributed by atoms with van der Waals surface area (Å²) in [6.45, 7) is 11.2. The van der Waals surface area contributed by atoms with Crippen molar-refractivity contribution in [2.24, 2.45) is 22.7 Å². The van der Waals surface area contributed by atoms with Crippen LogP contribution in [0.1, 0.15) is 59.3 Å². The Labute approximate surface area is 151 Å². The van der Waals surface area contributed by atoms with Crippen molar-refractivity contribution < 1.29 is 19.4 Å². The highest BCUT2D eigenvalue weighted by Gasteiger charge is 2.56. The highest BCUT2D eigenvalue weighted by atomic mass is 16.7. The van der Waals surface area contributed by atoms with Crippen LogP contribution < -0.4 is 0 Å². The van der Waals surface area contributed by atoms with Crippen molar-refractivity contribution in [2.75, 3.05) is 7.11 Å². The molecule has 0 bridgehead atoms. The van der Waals surface area contributed by atoms with Gasteiger partial charge in [-0.15, -0.1) is 0 Å². The largest absolute Gasteiger partial charge is 0.432 e. The summed E-state index contributed by atoms with van der Waals surface area (Å²) < 4.78 is 10.3. The Morgan fingerprint density at radius 3 is 2.68 bits per heavy atom. The quantitative estimate of drug-likeness (QED) is 0.476. The van der Waals surface area contributed by atoms with Crippen LogP contribution in [0.2, 0.25) is 0 Å². The number of ether oxygens (including phenoxy) is 2. The number of cyclic esters (lactones) is 1. The van der Waals surface area contributed by atoms with Gasteiger partial charge in [0.2, 0.25) is 6.29 Å². The molecule has 0 amide bonds. The van der Waals surface area contributed by atoms with Crippen LogP contribution in [-0.2, 0) is 14.3 Å². The molecule has 3 aliphatic rings. The molecular weight excluding hydrogens is 316 g/mol. The lowest BCUT2D eigenvalue weighted by molar-refractivity contribution is -0.156. The minimum absolute atomic E-state index is 0.0245. The number of carbonyl (C=O) groups excluding carboxylic acids is 1. The van der Waals surface area contributed by atoms with Gasteiger partial charge >= 0.3 is 5.97 Å². The first-order chi connectivity index (χ1) is 11.7. The second kappa shape index (κ2) is 6.55. The number of hydrogen-bond donors (Lipinski definition) is 1. The van der Waals surface area contributed by atoms with Crippen LogP contribution in [0.4, 0.5) is 0 Å². The van der Waals surface area contributed by atoms with Gasteiger partial charge in [0.1, 0.15) is 0 Å². The number of aliphatic hydroxyl groups is 1. The van der Waals surface area contributed by atoms with E-state index < -0.39 is 6.29 Å². The van der Waals surface area contributed by atoms with Crippen LogP contribution >= 0.6 is 0 Å². The molecule has 0 spiro atoms. The molecule has 1 N–H and O–H groups in total. The van der Waals surface area contributed by atoms with Crippen molar-refractivity contribution in [1.82, 2.24) is 0 Å². The van der Waals surface area contributed by atoms with Crippen molar-refractivity contribution >= 4 is 5.97 Å². The maximum Gasteiger partial charge on any atom is 0.336 e. The zero-order valence-corrected chi connectivity index (χ0v) is 16.0. The van der Waals surface area contributed by atoms with Gasteiger partial charge in [0, 0.05) is 19.1 Å². The standard InChI is InChI=1S/C21H32O4/c1-13-11-16(22)18-20(2,3)9-6-10-21(18,4)15(13)8-7-14-12-17(24-5)25-19(14)23/h7,15-18,22H,1,6,8-12H2,2-5H3/t15-,16+,17?,18-,21+/m0/s1. The molecule has 3 fully saturated rings. The second-order valence-electron chi connectivity index (χ2n) is 9.05. The lowest BCUT2D eigenvalue weighted by Crippen LogP contribution is -2.55. The second-order valence-corrected chi connectivity index (χ2v) is 9.05. The Morgan fingerprint density at radius 1 is 1.32 bits per heavy atom. The molecule has 0 aromatic carbocycles. The highest BCUT2D eigenvalue weighted by Crippen LogP contribution is 2.61. The van der Waals surface area contributed by atoms with Crippen molar-refractivity contribution in [2.45, 2.75) is 71.7 Å². The summed E-state index contributed by atoms with van der Waals surface area (Å²) in [7, 11) is 1.56. The minimum atomic E-state index is -0.452. The van der Waals surface area contributed by atoms with E-state index in [-0.39, 0.29) is 28.8 Å². The number of rotatable bonds is 3. The molecule has 1 saturated heterocycles. The smallest absolute Gasteiger partial charge is 0.336 e. The number of fused-ring (bicyclic) bond motifs is 1. The number of methoxy groups -OCH3 is 1. The van der Waals surface area contributed by atoms with Gasteiger partial charge in [-0.05, 0) is 48.3 Å². The van der Waals surface area contributed by atoms with Gasteiger partial charge in [0.25, 0.3) is 0 Å². The van der Waals surface area contributed by atoms with Gasteiger partial charge in [-0.3, -0.25) is 0 Å². The molecule has 0 radical (unpaired) electrons. The van der Waals surface area contributed by atoms with Crippen LogP contribution in [0.5, 0.6) is 0 Å². The van der Waals surface area contributed by atoms with Crippen molar-refractivity contribution in [1.29, 1.82) is 0 Å². The predicted octanol–water partition coefficient (Wildman–Crippen LogP) is 3.99. The summed E-state index contributed by atoms with van der Waals surface area (Å²) >= 11 is 0. The molecule has 25 heavy (non-hydrogen) atoms. The summed E-state index contributed by atoms with van der Waals surface area (Å²) in [5.41, 5.74) is 1.99. The number of aliphatic hydroxyl groups excluding tert-OH is 1. The molecule has 0 aromatic rings. The highest BCUT2D eigenvalue weighted by molar-refractivity contribution is 5.90. The van der Waals surface area contributed by atoms with Crippen LogP contribution in [0.15, 0.2) is 23.8 Å². The summed E-state index contributed by atoms with van der Waals surface area (Å²) in [5, 5.41) is 10.8. The minimum Gasteiger partial charge on any atom is -0.432 e. The summed E-state index contributed by atoms with van der Waals surface area (Å²) in [6, 6.07) is 0. The maximum absolute atomic E-state index is 12.0. The Hall–Kier alpha value is -1.13. The topological polar surface area (TPSA) is 55.8 Å². The number of allylic oxidation sites excluding steroid dienone is 1. The normalized spacial score (nSPS) is 42.4. The predicted molar refractivity (Wildman–Crippen MR) is 96.7 cm³/mol. The van der Waals surface area contributed by atoms with Crippen LogP contribution in [-0.4, -0.2) is 30.6 Å².